The van der Waals surface area contributed by atoms with E-state index >= 15 is 0 Å². The summed E-state index contributed by atoms with van der Waals surface area (Å²) >= 11 is 1.47. The number of carbonyl (C=O) groups excluding carboxylic acids is 2. The highest BCUT2D eigenvalue weighted by Crippen LogP contribution is 2.32. The Morgan fingerprint density at radius 1 is 1.21 bits per heavy atom. The number of ether oxygens (including phenoxy) is 1. The summed E-state index contributed by atoms with van der Waals surface area (Å²) in [5, 5.41) is 5.63. The fraction of sp³-hybridized carbons (Fsp3) is 0.222. The van der Waals surface area contributed by atoms with Gasteiger partial charge >= 0.3 is 0 Å². The van der Waals surface area contributed by atoms with Gasteiger partial charge < -0.3 is 15.4 Å². The number of thioether (sulfide) groups is 1. The first-order chi connectivity index (χ1) is 11.5. The van der Waals surface area contributed by atoms with Crippen molar-refractivity contribution < 1.29 is 14.3 Å². The first kappa shape index (κ1) is 16.4. The molecule has 2 N–H and O–H groups in total. The monoisotopic (exact) mass is 342 g/mol. The van der Waals surface area contributed by atoms with Crippen LogP contribution in [0.2, 0.25) is 0 Å². The van der Waals surface area contributed by atoms with Crippen LogP contribution in [0.25, 0.3) is 0 Å². The Hall–Kier alpha value is -2.47. The molecule has 1 aliphatic rings. The average molecular weight is 342 g/mol. The van der Waals surface area contributed by atoms with E-state index in [9.17, 15) is 9.59 Å². The summed E-state index contributed by atoms with van der Waals surface area (Å²) in [7, 11) is 0. The van der Waals surface area contributed by atoms with Gasteiger partial charge in [0, 0.05) is 16.1 Å². The van der Waals surface area contributed by atoms with Crippen molar-refractivity contribution in [2.75, 3.05) is 16.4 Å². The standard InChI is InChI=1S/C18H18N2O3S/c1-11(2)23-14-6-4-13(5-7-14)19-18(22)12-3-8-16-15(9-12)20-17(21)10-24-16/h3-9,11H,10H2,1-2H3,(H,19,22)(H,20,21). The van der Waals surface area contributed by atoms with Crippen molar-refractivity contribution in [1.82, 2.24) is 0 Å². The first-order valence-corrected chi connectivity index (χ1v) is 8.64. The molecule has 0 fully saturated rings. The summed E-state index contributed by atoms with van der Waals surface area (Å²) in [5.74, 6) is 0.894. The van der Waals surface area contributed by atoms with E-state index in [2.05, 4.69) is 10.6 Å². The molecule has 124 valence electrons. The maximum Gasteiger partial charge on any atom is 0.255 e. The number of amides is 2. The molecule has 0 aromatic heterocycles. The molecule has 0 aliphatic carbocycles. The molecule has 2 aromatic rings. The lowest BCUT2D eigenvalue weighted by Gasteiger charge is -2.17. The van der Waals surface area contributed by atoms with Gasteiger partial charge in [-0.2, -0.15) is 0 Å². The van der Waals surface area contributed by atoms with Crippen LogP contribution < -0.4 is 15.4 Å². The number of rotatable bonds is 4. The third-order valence-corrected chi connectivity index (χ3v) is 4.43. The molecule has 0 saturated heterocycles. The molecule has 2 amide bonds. The fourth-order valence-corrected chi connectivity index (χ4v) is 3.11. The van der Waals surface area contributed by atoms with Crippen molar-refractivity contribution in [3.63, 3.8) is 0 Å². The number of anilines is 2. The van der Waals surface area contributed by atoms with Gasteiger partial charge in [0.15, 0.2) is 0 Å². The summed E-state index contributed by atoms with van der Waals surface area (Å²) in [6, 6.07) is 12.5. The SMILES string of the molecule is CC(C)Oc1ccc(NC(=O)c2ccc3c(c2)NC(=O)CS3)cc1. The summed E-state index contributed by atoms with van der Waals surface area (Å²) < 4.78 is 5.58. The molecule has 0 saturated carbocycles. The molecule has 0 radical (unpaired) electrons. The van der Waals surface area contributed by atoms with Crippen LogP contribution in [0.5, 0.6) is 5.75 Å². The minimum Gasteiger partial charge on any atom is -0.491 e. The molecular formula is C18H18N2O3S. The highest BCUT2D eigenvalue weighted by Gasteiger charge is 2.17. The predicted molar refractivity (Wildman–Crippen MR) is 96.0 cm³/mol. The van der Waals surface area contributed by atoms with E-state index in [-0.39, 0.29) is 17.9 Å². The molecule has 5 nitrogen and oxygen atoms in total. The second-order valence-corrected chi connectivity index (χ2v) is 6.71. The molecule has 6 heteroatoms. The zero-order chi connectivity index (χ0) is 17.1. The molecule has 1 aliphatic heterocycles. The van der Waals surface area contributed by atoms with Gasteiger partial charge in [-0.05, 0) is 56.3 Å². The van der Waals surface area contributed by atoms with E-state index in [1.807, 2.05) is 32.0 Å². The minimum absolute atomic E-state index is 0.0502. The maximum absolute atomic E-state index is 12.4. The van der Waals surface area contributed by atoms with Crippen LogP contribution in [0.1, 0.15) is 24.2 Å². The van der Waals surface area contributed by atoms with E-state index in [0.717, 1.165) is 10.6 Å². The van der Waals surface area contributed by atoms with E-state index in [1.165, 1.54) is 11.8 Å². The van der Waals surface area contributed by atoms with Crippen molar-refractivity contribution in [2.45, 2.75) is 24.8 Å². The van der Waals surface area contributed by atoms with Crippen molar-refractivity contribution in [3.05, 3.63) is 48.0 Å². The van der Waals surface area contributed by atoms with E-state index in [1.54, 1.807) is 24.3 Å². The average Bonchev–Trinajstić information content (AvgIpc) is 2.55. The van der Waals surface area contributed by atoms with Crippen molar-refractivity contribution in [2.24, 2.45) is 0 Å². The van der Waals surface area contributed by atoms with Crippen LogP contribution >= 0.6 is 11.8 Å². The van der Waals surface area contributed by atoms with E-state index < -0.39 is 0 Å². The first-order valence-electron chi connectivity index (χ1n) is 7.66. The highest BCUT2D eigenvalue weighted by atomic mass is 32.2. The minimum atomic E-state index is -0.222. The van der Waals surface area contributed by atoms with Crippen LogP contribution in [0.4, 0.5) is 11.4 Å². The van der Waals surface area contributed by atoms with Crippen molar-refractivity contribution in [3.8, 4) is 5.75 Å². The molecule has 0 bridgehead atoms. The summed E-state index contributed by atoms with van der Waals surface area (Å²) in [6.07, 6.45) is 0.106. The molecule has 3 rings (SSSR count). The second-order valence-electron chi connectivity index (χ2n) is 5.69. The normalized spacial score (nSPS) is 13.2. The third kappa shape index (κ3) is 3.89. The van der Waals surface area contributed by atoms with Crippen LogP contribution in [0.3, 0.4) is 0 Å². The number of hydrogen-bond acceptors (Lipinski definition) is 4. The van der Waals surface area contributed by atoms with Crippen LogP contribution in [-0.4, -0.2) is 23.7 Å². The Balaban J connectivity index is 1.71. The third-order valence-electron chi connectivity index (χ3n) is 3.36. The van der Waals surface area contributed by atoms with Crippen molar-refractivity contribution >= 4 is 35.0 Å². The van der Waals surface area contributed by atoms with Crippen LogP contribution in [0.15, 0.2) is 47.4 Å². The number of fused-ring (bicyclic) bond motifs is 1. The summed E-state index contributed by atoms with van der Waals surface area (Å²) in [6.45, 7) is 3.92. The van der Waals surface area contributed by atoms with Gasteiger partial charge in [-0.1, -0.05) is 0 Å². The Morgan fingerprint density at radius 3 is 2.67 bits per heavy atom. The molecule has 2 aromatic carbocycles. The van der Waals surface area contributed by atoms with Gasteiger partial charge in [-0.15, -0.1) is 11.8 Å². The second kappa shape index (κ2) is 6.97. The maximum atomic E-state index is 12.4. The quantitative estimate of drug-likeness (QED) is 0.887. The van der Waals surface area contributed by atoms with Gasteiger partial charge in [-0.3, -0.25) is 9.59 Å². The Kier molecular flexibility index (Phi) is 4.76. The smallest absolute Gasteiger partial charge is 0.255 e. The summed E-state index contributed by atoms with van der Waals surface area (Å²) in [4.78, 5) is 24.8. The van der Waals surface area contributed by atoms with Gasteiger partial charge in [0.1, 0.15) is 5.75 Å². The van der Waals surface area contributed by atoms with Crippen molar-refractivity contribution in [1.29, 1.82) is 0 Å². The van der Waals surface area contributed by atoms with Gasteiger partial charge in [0.2, 0.25) is 5.91 Å². The molecular weight excluding hydrogens is 324 g/mol. The van der Waals surface area contributed by atoms with Gasteiger partial charge in [-0.25, -0.2) is 0 Å². The lowest BCUT2D eigenvalue weighted by molar-refractivity contribution is -0.113. The predicted octanol–water partition coefficient (Wildman–Crippen LogP) is 3.77. The highest BCUT2D eigenvalue weighted by molar-refractivity contribution is 8.00. The van der Waals surface area contributed by atoms with Gasteiger partial charge in [0.05, 0.1) is 17.5 Å². The van der Waals surface area contributed by atoms with E-state index in [4.69, 9.17) is 4.74 Å². The van der Waals surface area contributed by atoms with E-state index in [0.29, 0.717) is 22.7 Å². The summed E-state index contributed by atoms with van der Waals surface area (Å²) in [5.41, 5.74) is 1.87. The van der Waals surface area contributed by atoms with Gasteiger partial charge in [0.25, 0.3) is 5.91 Å². The Labute approximate surface area is 144 Å². The van der Waals surface area contributed by atoms with Crippen LogP contribution in [0, 0.1) is 0 Å². The Morgan fingerprint density at radius 2 is 1.96 bits per heavy atom. The molecule has 0 unspecified atom stereocenters. The topological polar surface area (TPSA) is 67.4 Å². The number of benzene rings is 2. The molecule has 0 spiro atoms. The zero-order valence-electron chi connectivity index (χ0n) is 13.5. The lowest BCUT2D eigenvalue weighted by atomic mass is 10.1. The largest absolute Gasteiger partial charge is 0.491 e. The fourth-order valence-electron chi connectivity index (χ4n) is 2.32. The molecule has 0 atom stereocenters. The zero-order valence-corrected chi connectivity index (χ0v) is 14.3. The Bertz CT molecular complexity index is 772. The number of hydrogen-bond donors (Lipinski definition) is 2. The lowest BCUT2D eigenvalue weighted by Crippen LogP contribution is -2.19. The molecule has 1 heterocycles. The van der Waals surface area contributed by atoms with Crippen LogP contribution in [-0.2, 0) is 4.79 Å². The number of carbonyl (C=O) groups is 2. The number of nitrogens with one attached hydrogen (secondary N) is 2. The molecule has 24 heavy (non-hydrogen) atoms.